The molecule has 0 spiro atoms. The molecule has 0 saturated carbocycles. The summed E-state index contributed by atoms with van der Waals surface area (Å²) in [4.78, 5) is 29.7. The summed E-state index contributed by atoms with van der Waals surface area (Å²) >= 11 is 0. The topological polar surface area (TPSA) is 85.3 Å². The number of hydrogen-bond acceptors (Lipinski definition) is 6. The first kappa shape index (κ1) is 23.1. The van der Waals surface area contributed by atoms with Gasteiger partial charge in [0.25, 0.3) is 0 Å². The van der Waals surface area contributed by atoms with Gasteiger partial charge in [0.15, 0.2) is 5.78 Å². The SMILES string of the molecule is CC(=O)c1ccc(OCC2=CS(=O)C(C3CCN(C(=O)OC(C)(C)C)CC3)=N2)cc1F. The van der Waals surface area contributed by atoms with Gasteiger partial charge in [-0.1, -0.05) is 0 Å². The van der Waals surface area contributed by atoms with Crippen LogP contribution in [0.1, 0.15) is 50.9 Å². The number of amides is 1. The van der Waals surface area contributed by atoms with Crippen molar-refractivity contribution in [3.8, 4) is 5.75 Å². The highest BCUT2D eigenvalue weighted by Crippen LogP contribution is 2.27. The van der Waals surface area contributed by atoms with Crippen LogP contribution < -0.4 is 4.74 Å². The van der Waals surface area contributed by atoms with E-state index in [4.69, 9.17) is 9.47 Å². The first-order valence-corrected chi connectivity index (χ1v) is 11.4. The third-order valence-corrected chi connectivity index (χ3v) is 6.23. The molecule has 31 heavy (non-hydrogen) atoms. The summed E-state index contributed by atoms with van der Waals surface area (Å²) in [5.74, 6) is -0.719. The fourth-order valence-corrected chi connectivity index (χ4v) is 4.64. The van der Waals surface area contributed by atoms with Crippen molar-refractivity contribution in [2.24, 2.45) is 10.9 Å². The second-order valence-corrected chi connectivity index (χ2v) is 9.83. The molecule has 1 aromatic rings. The largest absolute Gasteiger partial charge is 0.487 e. The maximum atomic E-state index is 13.9. The number of carbonyl (C=O) groups is 2. The number of ketones is 1. The monoisotopic (exact) mass is 450 g/mol. The molecule has 0 N–H and O–H groups in total. The Hall–Kier alpha value is -2.55. The van der Waals surface area contributed by atoms with E-state index in [0.29, 0.717) is 36.7 Å². The van der Waals surface area contributed by atoms with E-state index in [1.54, 1.807) is 4.90 Å². The molecule has 0 aliphatic carbocycles. The molecule has 2 heterocycles. The minimum absolute atomic E-state index is 0.00608. The summed E-state index contributed by atoms with van der Waals surface area (Å²) in [6.45, 7) is 7.86. The highest BCUT2D eigenvalue weighted by molar-refractivity contribution is 8.03. The summed E-state index contributed by atoms with van der Waals surface area (Å²) in [6.07, 6.45) is 0.975. The molecule has 168 valence electrons. The van der Waals surface area contributed by atoms with Crippen molar-refractivity contribution in [1.82, 2.24) is 4.90 Å². The summed E-state index contributed by atoms with van der Waals surface area (Å²) in [5.41, 5.74) is -0.0236. The van der Waals surface area contributed by atoms with E-state index >= 15 is 0 Å². The third-order valence-electron chi connectivity index (χ3n) is 4.91. The van der Waals surface area contributed by atoms with Crippen molar-refractivity contribution < 1.29 is 27.7 Å². The number of likely N-dealkylation sites (tertiary alicyclic amines) is 1. The number of ether oxygens (including phenoxy) is 2. The Morgan fingerprint density at radius 3 is 2.52 bits per heavy atom. The molecule has 2 aliphatic rings. The predicted octanol–water partition coefficient (Wildman–Crippen LogP) is 4.06. The molecule has 1 fully saturated rings. The Balaban J connectivity index is 1.55. The van der Waals surface area contributed by atoms with Crippen LogP contribution in [0.3, 0.4) is 0 Å². The van der Waals surface area contributed by atoms with E-state index in [2.05, 4.69) is 4.99 Å². The van der Waals surface area contributed by atoms with Gasteiger partial charge in [0.05, 0.1) is 22.1 Å². The molecule has 2 aliphatic heterocycles. The van der Waals surface area contributed by atoms with Gasteiger partial charge in [-0.3, -0.25) is 4.79 Å². The molecule has 1 amide bonds. The first-order valence-electron chi connectivity index (χ1n) is 10.1. The maximum Gasteiger partial charge on any atom is 0.410 e. The van der Waals surface area contributed by atoms with Crippen LogP contribution >= 0.6 is 0 Å². The highest BCUT2D eigenvalue weighted by Gasteiger charge is 2.32. The minimum atomic E-state index is -1.34. The molecule has 0 aromatic heterocycles. The van der Waals surface area contributed by atoms with E-state index in [1.807, 2.05) is 20.8 Å². The van der Waals surface area contributed by atoms with Gasteiger partial charge in [-0.15, -0.1) is 0 Å². The number of piperidine rings is 1. The van der Waals surface area contributed by atoms with Crippen LogP contribution in [0.15, 0.2) is 34.3 Å². The van der Waals surface area contributed by atoms with Crippen molar-refractivity contribution in [2.75, 3.05) is 19.7 Å². The van der Waals surface area contributed by atoms with Crippen LogP contribution in [0.2, 0.25) is 0 Å². The minimum Gasteiger partial charge on any atom is -0.487 e. The van der Waals surface area contributed by atoms with Gasteiger partial charge < -0.3 is 14.4 Å². The standard InChI is InChI=1S/C22H27FN2O5S/c1-14(26)18-6-5-17(11-19(18)23)29-12-16-13-31(28)20(24-16)15-7-9-25(10-8-15)21(27)30-22(2,3)4/h5-6,11,13,15H,7-10,12H2,1-4H3. The zero-order chi connectivity index (χ0) is 22.8. The van der Waals surface area contributed by atoms with Gasteiger partial charge in [0, 0.05) is 30.5 Å². The number of carbonyl (C=O) groups excluding carboxylic acids is 2. The van der Waals surface area contributed by atoms with Crippen LogP contribution in [0.5, 0.6) is 5.75 Å². The van der Waals surface area contributed by atoms with E-state index in [-0.39, 0.29) is 35.7 Å². The van der Waals surface area contributed by atoms with Crippen LogP contribution in [0.25, 0.3) is 0 Å². The van der Waals surface area contributed by atoms with Gasteiger partial charge in [-0.25, -0.2) is 18.4 Å². The molecular formula is C22H27FN2O5S. The number of rotatable bonds is 5. The van der Waals surface area contributed by atoms with Crippen LogP contribution in [-0.4, -0.2) is 51.3 Å². The number of nitrogens with zero attached hydrogens (tertiary/aromatic N) is 2. The normalized spacial score (nSPS) is 19.6. The van der Waals surface area contributed by atoms with Crippen molar-refractivity contribution in [1.29, 1.82) is 0 Å². The second-order valence-electron chi connectivity index (χ2n) is 8.58. The average Bonchev–Trinajstić information content (AvgIpc) is 3.05. The Morgan fingerprint density at radius 2 is 1.94 bits per heavy atom. The van der Waals surface area contributed by atoms with E-state index in [1.165, 1.54) is 24.5 Å². The zero-order valence-corrected chi connectivity index (χ0v) is 19.0. The van der Waals surface area contributed by atoms with E-state index in [9.17, 15) is 18.2 Å². The Bertz CT molecular complexity index is 959. The predicted molar refractivity (Wildman–Crippen MR) is 116 cm³/mol. The second kappa shape index (κ2) is 9.30. The first-order chi connectivity index (χ1) is 14.5. The van der Waals surface area contributed by atoms with Gasteiger partial charge in [-0.2, -0.15) is 0 Å². The lowest BCUT2D eigenvalue weighted by Crippen LogP contribution is -2.43. The smallest absolute Gasteiger partial charge is 0.410 e. The molecular weight excluding hydrogens is 423 g/mol. The molecule has 1 saturated heterocycles. The van der Waals surface area contributed by atoms with Gasteiger partial charge in [-0.05, 0) is 52.7 Å². The lowest BCUT2D eigenvalue weighted by Gasteiger charge is -2.33. The third kappa shape index (κ3) is 6.00. The van der Waals surface area contributed by atoms with Crippen LogP contribution in [-0.2, 0) is 15.5 Å². The number of hydrogen-bond donors (Lipinski definition) is 0. The zero-order valence-electron chi connectivity index (χ0n) is 18.1. The molecule has 3 rings (SSSR count). The molecule has 1 atom stereocenters. The number of benzene rings is 1. The molecule has 0 radical (unpaired) electrons. The van der Waals surface area contributed by atoms with Crippen LogP contribution in [0.4, 0.5) is 9.18 Å². The van der Waals surface area contributed by atoms with E-state index in [0.717, 1.165) is 6.07 Å². The van der Waals surface area contributed by atoms with Gasteiger partial charge in [0.2, 0.25) is 0 Å². The number of halogens is 1. The van der Waals surface area contributed by atoms with Crippen molar-refractivity contribution in [3.05, 3.63) is 40.7 Å². The van der Waals surface area contributed by atoms with E-state index < -0.39 is 22.2 Å². The van der Waals surface area contributed by atoms with Gasteiger partial charge in [0.1, 0.15) is 28.8 Å². The summed E-state index contributed by atoms with van der Waals surface area (Å²) in [6, 6.07) is 4.05. The van der Waals surface area contributed by atoms with Crippen molar-refractivity contribution in [2.45, 2.75) is 46.1 Å². The van der Waals surface area contributed by atoms with Crippen molar-refractivity contribution in [3.63, 3.8) is 0 Å². The molecule has 7 nitrogen and oxygen atoms in total. The van der Waals surface area contributed by atoms with Crippen LogP contribution in [0, 0.1) is 11.7 Å². The average molecular weight is 451 g/mol. The Labute approximate surface area is 183 Å². The summed E-state index contributed by atoms with van der Waals surface area (Å²) in [5, 5.41) is 2.12. The summed E-state index contributed by atoms with van der Waals surface area (Å²) in [7, 11) is -1.34. The highest BCUT2D eigenvalue weighted by atomic mass is 32.2. The quantitative estimate of drug-likeness (QED) is 0.632. The summed E-state index contributed by atoms with van der Waals surface area (Å²) < 4.78 is 37.4. The Kier molecular flexibility index (Phi) is 6.93. The molecule has 1 aromatic carbocycles. The number of aliphatic imine (C=N–C) groups is 1. The van der Waals surface area contributed by atoms with Crippen molar-refractivity contribution >= 4 is 27.7 Å². The lowest BCUT2D eigenvalue weighted by atomic mass is 9.98. The number of Topliss-reactive ketones (excluding diaryl/α,β-unsaturated/α-hetero) is 1. The fraction of sp³-hybridized carbons (Fsp3) is 0.500. The molecule has 1 unspecified atom stereocenters. The maximum absolute atomic E-state index is 13.9. The lowest BCUT2D eigenvalue weighted by molar-refractivity contribution is 0.0202. The fourth-order valence-electron chi connectivity index (χ4n) is 3.38. The Morgan fingerprint density at radius 1 is 1.26 bits per heavy atom. The molecule has 0 bridgehead atoms. The molecule has 9 heteroatoms. The van der Waals surface area contributed by atoms with Gasteiger partial charge >= 0.3 is 6.09 Å².